The quantitative estimate of drug-likeness (QED) is 0.650. The molecule has 0 unspecified atom stereocenters. The molecule has 3 atom stereocenters. The van der Waals surface area contributed by atoms with Crippen molar-refractivity contribution in [2.45, 2.75) is 35.2 Å². The minimum Gasteiger partial charge on any atom is -0.535 e. The smallest absolute Gasteiger partial charge is 0.526 e. The van der Waals surface area contributed by atoms with E-state index in [0.29, 0.717) is 16.9 Å². The van der Waals surface area contributed by atoms with Gasteiger partial charge in [-0.05, 0) is 36.9 Å². The summed E-state index contributed by atoms with van der Waals surface area (Å²) in [6.07, 6.45) is 0.879. The van der Waals surface area contributed by atoms with Gasteiger partial charge in [0.05, 0.1) is 0 Å². The molecule has 0 bridgehead atoms. The van der Waals surface area contributed by atoms with Crippen LogP contribution in [-0.2, 0) is 0 Å². The Kier molecular flexibility index (Phi) is 3.63. The van der Waals surface area contributed by atoms with Gasteiger partial charge in [0.25, 0.3) is 0 Å². The number of benzene rings is 1. The molecule has 1 aromatic rings. The number of rotatable bonds is 4. The molecule has 0 aromatic heterocycles. The predicted molar refractivity (Wildman–Crippen MR) is 89.4 cm³/mol. The highest BCUT2D eigenvalue weighted by molar-refractivity contribution is 8.00. The molecule has 1 saturated heterocycles. The van der Waals surface area contributed by atoms with Gasteiger partial charge < -0.3 is 19.7 Å². The minimum absolute atomic E-state index is 0.132. The molecule has 1 aliphatic carbocycles. The van der Waals surface area contributed by atoms with Crippen molar-refractivity contribution in [2.75, 3.05) is 20.1 Å². The molecule has 0 spiro atoms. The molecule has 3 aliphatic rings. The van der Waals surface area contributed by atoms with Crippen molar-refractivity contribution >= 4 is 24.8 Å². The van der Waals surface area contributed by atoms with Gasteiger partial charge in [0, 0.05) is 29.1 Å². The highest BCUT2D eigenvalue weighted by atomic mass is 32.2. The summed E-state index contributed by atoms with van der Waals surface area (Å²) in [4.78, 5) is 14.8. The van der Waals surface area contributed by atoms with Gasteiger partial charge in [0.1, 0.15) is 11.3 Å². The second-order valence-electron chi connectivity index (χ2n) is 6.98. The molecular formula is C16H20BNO4S. The Morgan fingerprint density at radius 2 is 2.22 bits per heavy atom. The van der Waals surface area contributed by atoms with Crippen LogP contribution in [0.25, 0.3) is 0 Å². The summed E-state index contributed by atoms with van der Waals surface area (Å²) in [7, 11) is 1.22. The van der Waals surface area contributed by atoms with Gasteiger partial charge in [-0.1, -0.05) is 13.0 Å². The lowest BCUT2D eigenvalue weighted by atomic mass is 9.77. The van der Waals surface area contributed by atoms with Crippen LogP contribution in [0.2, 0.25) is 5.82 Å². The molecule has 0 radical (unpaired) electrons. The minimum atomic E-state index is -0.978. The fourth-order valence-corrected chi connectivity index (χ4v) is 4.95. The topological polar surface area (TPSA) is 70.0 Å². The molecule has 4 rings (SSSR count). The number of likely N-dealkylation sites (tertiary alicyclic amines) is 1. The third-order valence-corrected chi connectivity index (χ3v) is 6.63. The van der Waals surface area contributed by atoms with Crippen molar-refractivity contribution in [3.63, 3.8) is 0 Å². The summed E-state index contributed by atoms with van der Waals surface area (Å²) in [5.74, 6) is 0.373. The molecule has 2 N–H and O–H groups in total. The first-order chi connectivity index (χ1) is 11.0. The number of hydrogen-bond acceptors (Lipinski definition) is 5. The zero-order chi connectivity index (χ0) is 16.3. The van der Waals surface area contributed by atoms with Crippen LogP contribution in [0.3, 0.4) is 0 Å². The Morgan fingerprint density at radius 3 is 2.87 bits per heavy atom. The second-order valence-corrected chi connectivity index (χ2v) is 8.40. The Morgan fingerprint density at radius 1 is 1.48 bits per heavy atom. The van der Waals surface area contributed by atoms with Gasteiger partial charge in [0.2, 0.25) is 0 Å². The van der Waals surface area contributed by atoms with Gasteiger partial charge in [-0.15, -0.1) is 11.8 Å². The summed E-state index contributed by atoms with van der Waals surface area (Å²) in [5, 5.41) is 20.0. The van der Waals surface area contributed by atoms with Crippen LogP contribution in [0, 0.1) is 5.92 Å². The predicted octanol–water partition coefficient (Wildman–Crippen LogP) is 2.16. The zero-order valence-corrected chi connectivity index (χ0v) is 14.0. The first-order valence-electron chi connectivity index (χ1n) is 8.05. The van der Waals surface area contributed by atoms with E-state index in [9.17, 15) is 14.9 Å². The van der Waals surface area contributed by atoms with E-state index in [2.05, 4.69) is 18.9 Å². The lowest BCUT2D eigenvalue weighted by Gasteiger charge is -2.39. The number of carbonyl (C=O) groups is 1. The number of fused-ring (bicyclic) bond motifs is 3. The first kappa shape index (κ1) is 15.4. The first-order valence-corrected chi connectivity index (χ1v) is 8.93. The Bertz CT molecular complexity index is 664. The van der Waals surface area contributed by atoms with Gasteiger partial charge >= 0.3 is 13.1 Å². The fraction of sp³-hybridized carbons (Fsp3) is 0.562. The largest absolute Gasteiger partial charge is 0.535 e. The van der Waals surface area contributed by atoms with Gasteiger partial charge in [-0.25, -0.2) is 4.79 Å². The van der Waals surface area contributed by atoms with Gasteiger partial charge in [-0.3, -0.25) is 0 Å². The van der Waals surface area contributed by atoms with Crippen molar-refractivity contribution in [1.29, 1.82) is 0 Å². The van der Waals surface area contributed by atoms with E-state index in [0.717, 1.165) is 30.0 Å². The molecule has 2 aliphatic heterocycles. The summed E-state index contributed by atoms with van der Waals surface area (Å²) in [6.45, 7) is 4.26. The second kappa shape index (κ2) is 5.43. The van der Waals surface area contributed by atoms with Crippen LogP contribution < -0.4 is 4.65 Å². The van der Waals surface area contributed by atoms with Crippen molar-refractivity contribution in [3.8, 4) is 5.75 Å². The van der Waals surface area contributed by atoms with Crippen LogP contribution >= 0.6 is 11.8 Å². The number of hydrogen-bond donors (Lipinski definition) is 2. The maximum absolute atomic E-state index is 11.8. The number of carboxylic acids is 1. The number of carboxylic acid groups (broad SMARTS) is 1. The molecule has 5 nitrogen and oxygen atoms in total. The normalized spacial score (nSPS) is 27.5. The number of thioether (sulfide) groups is 1. The van der Waals surface area contributed by atoms with Crippen LogP contribution in [0.5, 0.6) is 5.75 Å². The van der Waals surface area contributed by atoms with Crippen LogP contribution in [-0.4, -0.2) is 53.5 Å². The summed E-state index contributed by atoms with van der Waals surface area (Å²) < 4.78 is 5.57. The van der Waals surface area contributed by atoms with E-state index < -0.39 is 13.1 Å². The van der Waals surface area contributed by atoms with Crippen molar-refractivity contribution < 1.29 is 19.6 Å². The van der Waals surface area contributed by atoms with Crippen LogP contribution in [0.1, 0.15) is 35.2 Å². The maximum atomic E-state index is 11.8. The van der Waals surface area contributed by atoms with Crippen molar-refractivity contribution in [1.82, 2.24) is 4.90 Å². The highest BCUT2D eigenvalue weighted by Gasteiger charge is 2.54. The lowest BCUT2D eigenvalue weighted by molar-refractivity contribution is 0.0690. The molecular weight excluding hydrogens is 313 g/mol. The average Bonchev–Trinajstić information content (AvgIpc) is 3.24. The van der Waals surface area contributed by atoms with E-state index >= 15 is 0 Å². The van der Waals surface area contributed by atoms with E-state index in [-0.39, 0.29) is 17.3 Å². The summed E-state index contributed by atoms with van der Waals surface area (Å²) in [6, 6.07) is 3.91. The van der Waals surface area contributed by atoms with E-state index in [1.807, 2.05) is 12.1 Å². The fourth-order valence-electron chi connectivity index (χ4n) is 3.74. The molecule has 122 valence electrons. The van der Waals surface area contributed by atoms with E-state index in [1.54, 1.807) is 11.8 Å². The molecule has 2 fully saturated rings. The van der Waals surface area contributed by atoms with Crippen LogP contribution in [0.4, 0.5) is 0 Å². The molecule has 0 amide bonds. The molecule has 1 aromatic carbocycles. The SMILES string of the molecule is C[C@@H](Sc1ccc2c(c1C(=O)O)OB(O)[C@H]1C[C@@H]21)C1CN(C)C1. The lowest BCUT2D eigenvalue weighted by Crippen LogP contribution is -2.47. The van der Waals surface area contributed by atoms with Gasteiger partial charge in [0.15, 0.2) is 0 Å². The maximum Gasteiger partial charge on any atom is 0.526 e. The monoisotopic (exact) mass is 333 g/mol. The molecule has 23 heavy (non-hydrogen) atoms. The summed E-state index contributed by atoms with van der Waals surface area (Å²) in [5.41, 5.74) is 1.16. The average molecular weight is 333 g/mol. The van der Waals surface area contributed by atoms with E-state index in [1.165, 1.54) is 0 Å². The highest BCUT2D eigenvalue weighted by Crippen LogP contribution is 2.60. The molecule has 2 heterocycles. The van der Waals surface area contributed by atoms with Crippen LogP contribution in [0.15, 0.2) is 17.0 Å². The number of nitrogens with zero attached hydrogens (tertiary/aromatic N) is 1. The Hall–Kier alpha value is -1.18. The zero-order valence-electron chi connectivity index (χ0n) is 13.2. The summed E-state index contributed by atoms with van der Waals surface area (Å²) >= 11 is 1.60. The third-order valence-electron chi connectivity index (χ3n) is 5.28. The van der Waals surface area contributed by atoms with E-state index in [4.69, 9.17) is 4.65 Å². The van der Waals surface area contributed by atoms with Crippen molar-refractivity contribution in [3.05, 3.63) is 23.3 Å². The molecule has 7 heteroatoms. The van der Waals surface area contributed by atoms with Crippen molar-refractivity contribution in [2.24, 2.45) is 5.92 Å². The number of aromatic carboxylic acids is 1. The Labute approximate surface area is 140 Å². The Balaban J connectivity index is 1.65. The van der Waals surface area contributed by atoms with Gasteiger partial charge in [-0.2, -0.15) is 0 Å². The standard InChI is InChI=1S/C16H20BNO4S/c1-8(9-6-18(2)7-9)23-13-4-3-10-11-5-12(11)17(21)22-15(10)14(13)16(19)20/h3-4,8-9,11-12,21H,5-7H2,1-2H3,(H,19,20)/t8-,11+,12+/m1/s1. The molecule has 1 saturated carbocycles. The third kappa shape index (κ3) is 2.55.